The second kappa shape index (κ2) is 6.06. The lowest BCUT2D eigenvalue weighted by Gasteiger charge is -2.16. The Morgan fingerprint density at radius 3 is 2.67 bits per heavy atom. The molecule has 0 unspecified atom stereocenters. The van der Waals surface area contributed by atoms with E-state index < -0.39 is 12.0 Å². The second-order valence-corrected chi connectivity index (χ2v) is 6.85. The smallest absolute Gasteiger partial charge is 0.313 e. The number of rotatable bonds is 3. The van der Waals surface area contributed by atoms with E-state index in [1.54, 1.807) is 18.2 Å². The van der Waals surface area contributed by atoms with Crippen molar-refractivity contribution < 1.29 is 33.6 Å². The highest BCUT2D eigenvalue weighted by Gasteiger charge is 2.54. The number of fused-ring (bicyclic) bond motifs is 2. The average molecular weight is 370 g/mol. The van der Waals surface area contributed by atoms with Crippen molar-refractivity contribution in [3.63, 3.8) is 0 Å². The van der Waals surface area contributed by atoms with E-state index in [1.807, 2.05) is 18.2 Å². The lowest BCUT2D eigenvalue weighted by Crippen LogP contribution is -2.17. The van der Waals surface area contributed by atoms with Crippen LogP contribution in [0.5, 0.6) is 23.0 Å². The van der Waals surface area contributed by atoms with Crippen LogP contribution in [-0.2, 0) is 14.3 Å². The van der Waals surface area contributed by atoms with Crippen LogP contribution in [0, 0.1) is 11.8 Å². The van der Waals surface area contributed by atoms with Gasteiger partial charge in [-0.15, -0.1) is 0 Å². The molecule has 7 heteroatoms. The molecule has 0 aliphatic carbocycles. The van der Waals surface area contributed by atoms with E-state index in [-0.39, 0.29) is 30.5 Å². The number of phenols is 1. The second-order valence-electron chi connectivity index (χ2n) is 6.85. The molecule has 2 aromatic carbocycles. The number of aromatic hydroxyl groups is 1. The molecule has 7 nitrogen and oxygen atoms in total. The molecule has 0 saturated carbocycles. The molecule has 3 aliphatic heterocycles. The van der Waals surface area contributed by atoms with E-state index in [0.29, 0.717) is 23.9 Å². The Balaban J connectivity index is 1.44. The van der Waals surface area contributed by atoms with Crippen molar-refractivity contribution in [2.45, 2.75) is 12.2 Å². The van der Waals surface area contributed by atoms with Crippen molar-refractivity contribution in [1.29, 1.82) is 0 Å². The quantitative estimate of drug-likeness (QED) is 0.832. The molecule has 2 saturated heterocycles. The maximum Gasteiger partial charge on any atom is 0.313 e. The highest BCUT2D eigenvalue weighted by molar-refractivity contribution is 5.77. The molecule has 0 aromatic heterocycles. The zero-order chi connectivity index (χ0) is 18.5. The molecular formula is C20H18O7. The summed E-state index contributed by atoms with van der Waals surface area (Å²) in [7, 11) is 1.48. The molecule has 4 atom stereocenters. The molecule has 3 aliphatic rings. The molecule has 3 heterocycles. The van der Waals surface area contributed by atoms with Crippen molar-refractivity contribution in [2.75, 3.05) is 20.5 Å². The number of hydrogen-bond donors (Lipinski definition) is 1. The highest BCUT2D eigenvalue weighted by Crippen LogP contribution is 2.52. The Hall–Kier alpha value is -2.93. The zero-order valence-electron chi connectivity index (χ0n) is 14.6. The zero-order valence-corrected chi connectivity index (χ0v) is 14.6. The molecule has 0 bridgehead atoms. The minimum atomic E-state index is -0.434. The molecule has 2 fully saturated rings. The number of benzene rings is 2. The molecule has 27 heavy (non-hydrogen) atoms. The summed E-state index contributed by atoms with van der Waals surface area (Å²) in [5.74, 6) is 0.956. The summed E-state index contributed by atoms with van der Waals surface area (Å²) in [6.45, 7) is 0.604. The Morgan fingerprint density at radius 1 is 1.04 bits per heavy atom. The first-order chi connectivity index (χ1) is 13.2. The van der Waals surface area contributed by atoms with E-state index in [1.165, 1.54) is 7.11 Å². The predicted octanol–water partition coefficient (Wildman–Crippen LogP) is 2.73. The van der Waals surface area contributed by atoms with Gasteiger partial charge in [0.25, 0.3) is 0 Å². The van der Waals surface area contributed by atoms with Gasteiger partial charge in [0.1, 0.15) is 6.10 Å². The van der Waals surface area contributed by atoms with Crippen LogP contribution in [0.3, 0.4) is 0 Å². The summed E-state index contributed by atoms with van der Waals surface area (Å²) in [5, 5.41) is 9.81. The Kier molecular flexibility index (Phi) is 3.65. The topological polar surface area (TPSA) is 83.5 Å². The maximum absolute atomic E-state index is 12.6. The minimum Gasteiger partial charge on any atom is -0.504 e. The Morgan fingerprint density at radius 2 is 1.81 bits per heavy atom. The number of cyclic esters (lactones) is 1. The third-order valence-corrected chi connectivity index (χ3v) is 5.42. The van der Waals surface area contributed by atoms with E-state index in [4.69, 9.17) is 23.7 Å². The monoisotopic (exact) mass is 370 g/mol. The van der Waals surface area contributed by atoms with Crippen LogP contribution in [0.15, 0.2) is 36.4 Å². The van der Waals surface area contributed by atoms with Gasteiger partial charge in [0.2, 0.25) is 6.79 Å². The molecular weight excluding hydrogens is 352 g/mol. The summed E-state index contributed by atoms with van der Waals surface area (Å²) >= 11 is 0. The molecule has 1 N–H and O–H groups in total. The van der Waals surface area contributed by atoms with Crippen LogP contribution < -0.4 is 14.2 Å². The Labute approximate surface area is 155 Å². The van der Waals surface area contributed by atoms with Crippen molar-refractivity contribution in [3.05, 3.63) is 47.5 Å². The van der Waals surface area contributed by atoms with Crippen LogP contribution in [0.2, 0.25) is 0 Å². The first-order valence-corrected chi connectivity index (χ1v) is 8.74. The van der Waals surface area contributed by atoms with Crippen molar-refractivity contribution in [2.24, 2.45) is 11.8 Å². The fourth-order valence-corrected chi connectivity index (χ4v) is 4.09. The van der Waals surface area contributed by atoms with Gasteiger partial charge in [-0.05, 0) is 35.4 Å². The number of methoxy groups -OCH3 is 1. The Bertz CT molecular complexity index is 900. The van der Waals surface area contributed by atoms with E-state index in [9.17, 15) is 9.90 Å². The molecule has 0 amide bonds. The van der Waals surface area contributed by atoms with Crippen LogP contribution in [-0.4, -0.2) is 31.6 Å². The average Bonchev–Trinajstić information content (AvgIpc) is 3.38. The number of phenolic OH excluding ortho intramolecular Hbond substituents is 1. The fourth-order valence-electron chi connectivity index (χ4n) is 4.09. The number of esters is 1. The lowest BCUT2D eigenvalue weighted by atomic mass is 9.84. The molecule has 0 spiro atoms. The van der Waals surface area contributed by atoms with E-state index in [2.05, 4.69) is 0 Å². The number of carbonyl (C=O) groups excluding carboxylic acids is 1. The van der Waals surface area contributed by atoms with Crippen LogP contribution in [0.4, 0.5) is 0 Å². The van der Waals surface area contributed by atoms with Gasteiger partial charge in [0.15, 0.2) is 23.0 Å². The molecule has 2 aromatic rings. The summed E-state index contributed by atoms with van der Waals surface area (Å²) in [4.78, 5) is 12.6. The van der Waals surface area contributed by atoms with E-state index >= 15 is 0 Å². The molecule has 140 valence electrons. The van der Waals surface area contributed by atoms with Gasteiger partial charge < -0.3 is 28.8 Å². The maximum atomic E-state index is 12.6. The van der Waals surface area contributed by atoms with Crippen LogP contribution in [0.25, 0.3) is 0 Å². The van der Waals surface area contributed by atoms with Gasteiger partial charge in [0.05, 0.1) is 25.7 Å². The first-order valence-electron chi connectivity index (χ1n) is 8.74. The number of ether oxygens (including phenoxy) is 5. The summed E-state index contributed by atoms with van der Waals surface area (Å²) < 4.78 is 27.6. The van der Waals surface area contributed by atoms with E-state index in [0.717, 1.165) is 11.1 Å². The van der Waals surface area contributed by atoms with Crippen molar-refractivity contribution in [3.8, 4) is 23.0 Å². The van der Waals surface area contributed by atoms with Crippen LogP contribution in [0.1, 0.15) is 23.3 Å². The number of carbonyl (C=O) groups is 1. The minimum absolute atomic E-state index is 0.0445. The highest BCUT2D eigenvalue weighted by atomic mass is 16.7. The van der Waals surface area contributed by atoms with Crippen molar-refractivity contribution in [1.82, 2.24) is 0 Å². The first kappa shape index (κ1) is 16.3. The van der Waals surface area contributed by atoms with Gasteiger partial charge in [-0.1, -0.05) is 12.1 Å². The van der Waals surface area contributed by atoms with Gasteiger partial charge >= 0.3 is 5.97 Å². The fraction of sp³-hybridized carbons (Fsp3) is 0.350. The van der Waals surface area contributed by atoms with Gasteiger partial charge in [-0.2, -0.15) is 0 Å². The molecule has 0 radical (unpaired) electrons. The van der Waals surface area contributed by atoms with Gasteiger partial charge in [-0.25, -0.2) is 0 Å². The summed E-state index contributed by atoms with van der Waals surface area (Å²) in [5.41, 5.74) is 1.65. The third kappa shape index (κ3) is 2.49. The van der Waals surface area contributed by atoms with Crippen molar-refractivity contribution >= 4 is 5.97 Å². The van der Waals surface area contributed by atoms with Gasteiger partial charge in [0, 0.05) is 5.92 Å². The lowest BCUT2D eigenvalue weighted by molar-refractivity contribution is -0.148. The third-order valence-electron chi connectivity index (χ3n) is 5.42. The molecule has 5 rings (SSSR count). The SMILES string of the molecule is COc1cc([C@@H]2OC[C@@H]3[C@H]2C(=O)O[C@H]3c2ccc3c(c2)OCO3)ccc1O. The normalized spacial score (nSPS) is 28.1. The van der Waals surface area contributed by atoms with Gasteiger partial charge in [-0.3, -0.25) is 4.79 Å². The summed E-state index contributed by atoms with van der Waals surface area (Å²) in [6, 6.07) is 10.6. The predicted molar refractivity (Wildman–Crippen MR) is 91.7 cm³/mol. The summed E-state index contributed by atoms with van der Waals surface area (Å²) in [6.07, 6.45) is -0.822. The van der Waals surface area contributed by atoms with Crippen LogP contribution >= 0.6 is 0 Å². The largest absolute Gasteiger partial charge is 0.504 e. The standard InChI is InChI=1S/C20H18O7/c1-23-15-6-11(2-4-13(15)21)19-17-12(8-24-19)18(27-20(17)22)10-3-5-14-16(7-10)26-9-25-14/h2-7,12,17-19,21H,8-9H2,1H3/t12-,17-,18+,19+/m1/s1. The number of hydrogen-bond acceptors (Lipinski definition) is 7.